The van der Waals surface area contributed by atoms with Gasteiger partial charge in [-0.25, -0.2) is 4.79 Å². The zero-order valence-corrected chi connectivity index (χ0v) is 10.4. The van der Waals surface area contributed by atoms with Crippen molar-refractivity contribution in [2.75, 3.05) is 11.4 Å². The van der Waals surface area contributed by atoms with Crippen molar-refractivity contribution in [3.05, 3.63) is 36.9 Å². The molecule has 1 heterocycles. The molecule has 2 rings (SSSR count). The molecular weight excluding hydrogens is 246 g/mol. The first kappa shape index (κ1) is 13.1. The van der Waals surface area contributed by atoms with Crippen LogP contribution in [0, 0.1) is 0 Å². The number of nitrogens with zero attached hydrogens (tertiary/aromatic N) is 1. The molecule has 1 amide bonds. The lowest BCUT2D eigenvalue weighted by Gasteiger charge is -2.33. The number of carboxylic acids is 1. The van der Waals surface area contributed by atoms with E-state index in [1.807, 2.05) is 0 Å². The van der Waals surface area contributed by atoms with E-state index in [9.17, 15) is 9.59 Å². The standard InChI is InChI=1S/C14H15NO4/c1-2-3-8-13(16)15-9-12(14(17)18)19-11-7-5-4-6-10(11)15/h2,4-7,12H,1,3,8-9H2,(H,17,18). The van der Waals surface area contributed by atoms with Crippen LogP contribution in [-0.2, 0) is 9.59 Å². The molecule has 1 N–H and O–H groups in total. The highest BCUT2D eigenvalue weighted by Gasteiger charge is 2.33. The number of rotatable bonds is 4. The lowest BCUT2D eigenvalue weighted by atomic mass is 10.1. The van der Waals surface area contributed by atoms with Gasteiger partial charge in [0.15, 0.2) is 0 Å². The third-order valence-corrected chi connectivity index (χ3v) is 2.91. The van der Waals surface area contributed by atoms with Crippen LogP contribution in [0.15, 0.2) is 36.9 Å². The molecule has 1 aromatic rings. The van der Waals surface area contributed by atoms with E-state index in [1.54, 1.807) is 30.3 Å². The van der Waals surface area contributed by atoms with Gasteiger partial charge in [-0.2, -0.15) is 0 Å². The number of carboxylic acid groups (broad SMARTS) is 1. The largest absolute Gasteiger partial charge is 0.478 e. The van der Waals surface area contributed by atoms with Crippen LogP contribution < -0.4 is 9.64 Å². The van der Waals surface area contributed by atoms with Gasteiger partial charge in [0.25, 0.3) is 0 Å². The average molecular weight is 261 g/mol. The summed E-state index contributed by atoms with van der Waals surface area (Å²) in [5.41, 5.74) is 0.620. The Morgan fingerprint density at radius 1 is 1.47 bits per heavy atom. The van der Waals surface area contributed by atoms with Crippen molar-refractivity contribution in [1.82, 2.24) is 0 Å². The van der Waals surface area contributed by atoms with Crippen LogP contribution in [0.2, 0.25) is 0 Å². The van der Waals surface area contributed by atoms with Crippen LogP contribution in [0.1, 0.15) is 12.8 Å². The summed E-state index contributed by atoms with van der Waals surface area (Å²) in [7, 11) is 0. The van der Waals surface area contributed by atoms with Gasteiger partial charge in [0.05, 0.1) is 12.2 Å². The predicted octanol–water partition coefficient (Wildman–Crippen LogP) is 1.83. The highest BCUT2D eigenvalue weighted by molar-refractivity contribution is 5.96. The molecule has 1 aliphatic rings. The Morgan fingerprint density at radius 3 is 2.89 bits per heavy atom. The van der Waals surface area contributed by atoms with Crippen LogP contribution in [-0.4, -0.2) is 29.6 Å². The van der Waals surface area contributed by atoms with E-state index in [4.69, 9.17) is 9.84 Å². The monoisotopic (exact) mass is 261 g/mol. The van der Waals surface area contributed by atoms with E-state index < -0.39 is 12.1 Å². The number of fused-ring (bicyclic) bond motifs is 1. The summed E-state index contributed by atoms with van der Waals surface area (Å²) in [6, 6.07) is 6.95. The summed E-state index contributed by atoms with van der Waals surface area (Å²) < 4.78 is 5.36. The molecular formula is C14H15NO4. The number of anilines is 1. The molecule has 0 radical (unpaired) electrons. The Bertz CT molecular complexity index is 512. The van der Waals surface area contributed by atoms with E-state index in [0.717, 1.165) is 0 Å². The van der Waals surface area contributed by atoms with Crippen molar-refractivity contribution in [2.24, 2.45) is 0 Å². The summed E-state index contributed by atoms with van der Waals surface area (Å²) >= 11 is 0. The van der Waals surface area contributed by atoms with Crippen molar-refractivity contribution in [3.8, 4) is 5.75 Å². The highest BCUT2D eigenvalue weighted by atomic mass is 16.5. The summed E-state index contributed by atoms with van der Waals surface area (Å²) in [5, 5.41) is 9.06. The molecule has 0 fully saturated rings. The molecule has 5 nitrogen and oxygen atoms in total. The lowest BCUT2D eigenvalue weighted by molar-refractivity contribution is -0.145. The minimum Gasteiger partial charge on any atom is -0.478 e. The van der Waals surface area contributed by atoms with Gasteiger partial charge in [0.1, 0.15) is 5.75 Å². The van der Waals surface area contributed by atoms with Crippen LogP contribution in [0.3, 0.4) is 0 Å². The summed E-state index contributed by atoms with van der Waals surface area (Å²) in [5.74, 6) is -0.772. The van der Waals surface area contributed by atoms with Gasteiger partial charge in [-0.05, 0) is 18.6 Å². The number of allylic oxidation sites excluding steroid dienone is 1. The van der Waals surface area contributed by atoms with Gasteiger partial charge >= 0.3 is 5.97 Å². The number of benzene rings is 1. The fourth-order valence-corrected chi connectivity index (χ4v) is 1.96. The molecule has 0 saturated carbocycles. The van der Waals surface area contributed by atoms with Crippen LogP contribution >= 0.6 is 0 Å². The maximum absolute atomic E-state index is 12.1. The van der Waals surface area contributed by atoms with Crippen molar-refractivity contribution >= 4 is 17.6 Å². The molecule has 100 valence electrons. The van der Waals surface area contributed by atoms with Gasteiger partial charge in [0, 0.05) is 6.42 Å². The quantitative estimate of drug-likeness (QED) is 0.840. The van der Waals surface area contributed by atoms with Gasteiger partial charge in [-0.3, -0.25) is 4.79 Å². The Hall–Kier alpha value is -2.30. The minimum absolute atomic E-state index is 0.0301. The maximum Gasteiger partial charge on any atom is 0.346 e. The SMILES string of the molecule is C=CCCC(=O)N1CC(C(=O)O)Oc2ccccc21. The Balaban J connectivity index is 2.28. The fraction of sp³-hybridized carbons (Fsp3) is 0.286. The highest BCUT2D eigenvalue weighted by Crippen LogP contribution is 2.33. The third kappa shape index (κ3) is 2.76. The van der Waals surface area contributed by atoms with Crippen LogP contribution in [0.5, 0.6) is 5.75 Å². The van der Waals surface area contributed by atoms with Gasteiger partial charge < -0.3 is 14.7 Å². The number of amides is 1. The number of carbonyl (C=O) groups excluding carboxylic acids is 1. The number of para-hydroxylation sites is 2. The number of hydrogen-bond donors (Lipinski definition) is 1. The Labute approximate surface area is 111 Å². The minimum atomic E-state index is -1.07. The second kappa shape index (κ2) is 5.56. The first-order chi connectivity index (χ1) is 9.13. The summed E-state index contributed by atoms with van der Waals surface area (Å²) in [6.45, 7) is 3.61. The van der Waals surface area contributed by atoms with Crippen LogP contribution in [0.25, 0.3) is 0 Å². The number of aliphatic carboxylic acids is 1. The van der Waals surface area contributed by atoms with E-state index in [-0.39, 0.29) is 12.5 Å². The van der Waals surface area contributed by atoms with E-state index in [2.05, 4.69) is 6.58 Å². The summed E-state index contributed by atoms with van der Waals surface area (Å²) in [4.78, 5) is 24.7. The molecule has 5 heteroatoms. The molecule has 1 unspecified atom stereocenters. The van der Waals surface area contributed by atoms with Gasteiger partial charge in [0.2, 0.25) is 12.0 Å². The molecule has 0 aliphatic carbocycles. The number of hydrogen-bond acceptors (Lipinski definition) is 3. The Kier molecular flexibility index (Phi) is 3.85. The normalized spacial score (nSPS) is 17.3. The average Bonchev–Trinajstić information content (AvgIpc) is 2.43. The van der Waals surface area contributed by atoms with Crippen molar-refractivity contribution in [2.45, 2.75) is 18.9 Å². The third-order valence-electron chi connectivity index (χ3n) is 2.91. The van der Waals surface area contributed by atoms with Crippen LogP contribution in [0.4, 0.5) is 5.69 Å². The Morgan fingerprint density at radius 2 is 2.21 bits per heavy atom. The molecule has 0 bridgehead atoms. The predicted molar refractivity (Wildman–Crippen MR) is 70.3 cm³/mol. The van der Waals surface area contributed by atoms with E-state index >= 15 is 0 Å². The topological polar surface area (TPSA) is 66.8 Å². The molecule has 0 spiro atoms. The molecule has 0 aromatic heterocycles. The van der Waals surface area contributed by atoms with Crippen molar-refractivity contribution < 1.29 is 19.4 Å². The summed E-state index contributed by atoms with van der Waals surface area (Å²) in [6.07, 6.45) is 1.52. The van der Waals surface area contributed by atoms with Gasteiger partial charge in [-0.1, -0.05) is 18.2 Å². The number of ether oxygens (including phenoxy) is 1. The second-order valence-corrected chi connectivity index (χ2v) is 4.24. The zero-order valence-electron chi connectivity index (χ0n) is 10.4. The maximum atomic E-state index is 12.1. The second-order valence-electron chi connectivity index (χ2n) is 4.24. The first-order valence-corrected chi connectivity index (χ1v) is 6.03. The van der Waals surface area contributed by atoms with Crippen molar-refractivity contribution in [1.29, 1.82) is 0 Å². The lowest BCUT2D eigenvalue weighted by Crippen LogP contribution is -2.47. The molecule has 1 aliphatic heterocycles. The molecule has 1 atom stereocenters. The first-order valence-electron chi connectivity index (χ1n) is 6.03. The molecule has 1 aromatic carbocycles. The smallest absolute Gasteiger partial charge is 0.346 e. The number of carbonyl (C=O) groups is 2. The fourth-order valence-electron chi connectivity index (χ4n) is 1.96. The van der Waals surface area contributed by atoms with Crippen molar-refractivity contribution in [3.63, 3.8) is 0 Å². The zero-order chi connectivity index (χ0) is 13.8. The van der Waals surface area contributed by atoms with E-state index in [1.165, 1.54) is 4.90 Å². The molecule has 0 saturated heterocycles. The van der Waals surface area contributed by atoms with E-state index in [0.29, 0.717) is 24.3 Å². The molecule has 19 heavy (non-hydrogen) atoms. The van der Waals surface area contributed by atoms with Gasteiger partial charge in [-0.15, -0.1) is 6.58 Å².